The molecule has 0 amide bonds. The minimum absolute atomic E-state index is 0.646. The smallest absolute Gasteiger partial charge is 0.0763 e. The molecule has 0 aliphatic carbocycles. The number of nitrogens with zero attached hydrogens (tertiary/aromatic N) is 1. The molecule has 54 valence electrons. The van der Waals surface area contributed by atoms with Crippen LogP contribution in [0.2, 0.25) is 0 Å². The van der Waals surface area contributed by atoms with Crippen molar-refractivity contribution < 1.29 is 4.48 Å². The second-order valence-electron chi connectivity index (χ2n) is 2.81. The molecule has 0 saturated carbocycles. The molecule has 0 N–H and O–H groups in total. The first-order chi connectivity index (χ1) is 4.33. The Balaban J connectivity index is 2.45. The van der Waals surface area contributed by atoms with E-state index < -0.39 is 0 Å². The number of likely N-dealkylation sites (tertiary alicyclic amines) is 1. The van der Waals surface area contributed by atoms with Gasteiger partial charge >= 0.3 is 0 Å². The summed E-state index contributed by atoms with van der Waals surface area (Å²) in [6.07, 6.45) is 4.59. The maximum Gasteiger partial charge on any atom is 0.0763 e. The summed E-state index contributed by atoms with van der Waals surface area (Å²) in [4.78, 5) is 0. The van der Waals surface area contributed by atoms with Gasteiger partial charge in [0, 0.05) is 20.7 Å². The minimum Gasteiger partial charge on any atom is -0.355 e. The summed E-state index contributed by atoms with van der Waals surface area (Å²) in [5.41, 5.74) is 0. The van der Waals surface area contributed by atoms with Crippen molar-refractivity contribution >= 4 is 7.85 Å². The summed E-state index contributed by atoms with van der Waals surface area (Å²) < 4.78 is 1.50. The Morgan fingerprint density at radius 1 is 1.33 bits per heavy atom. The van der Waals surface area contributed by atoms with Crippen molar-refractivity contribution in [1.82, 2.24) is 0 Å². The van der Waals surface area contributed by atoms with Gasteiger partial charge in [0.2, 0.25) is 0 Å². The number of rotatable bonds is 2. The molecular formula is C7H18BN. The van der Waals surface area contributed by atoms with E-state index in [1.54, 1.807) is 6.44 Å². The average molecular weight is 127 g/mol. The van der Waals surface area contributed by atoms with Gasteiger partial charge in [-0.15, -0.1) is 0 Å². The predicted octanol–water partition coefficient (Wildman–Crippen LogP) is -0.0602. The highest BCUT2D eigenvalue weighted by atomic mass is 15.3. The summed E-state index contributed by atoms with van der Waals surface area (Å²) >= 11 is 0. The molecule has 9 heavy (non-hydrogen) atoms. The quantitative estimate of drug-likeness (QED) is 0.360. The van der Waals surface area contributed by atoms with E-state index in [4.69, 9.17) is 0 Å². The van der Waals surface area contributed by atoms with Crippen LogP contribution in [0, 0.1) is 0 Å². The van der Waals surface area contributed by atoms with Gasteiger partial charge in [-0.3, -0.25) is 0 Å². The topological polar surface area (TPSA) is 0 Å². The Kier molecular flexibility index (Phi) is 2.17. The van der Waals surface area contributed by atoms with E-state index in [-0.39, 0.29) is 0 Å². The van der Waals surface area contributed by atoms with Crippen LogP contribution in [0.1, 0.15) is 19.8 Å². The molecule has 1 aliphatic heterocycles. The highest BCUT2D eigenvalue weighted by Gasteiger charge is 2.24. The van der Waals surface area contributed by atoms with Gasteiger partial charge in [0.15, 0.2) is 0 Å². The molecule has 0 aromatic rings. The number of hydrogen-bond acceptors (Lipinski definition) is 0. The lowest BCUT2D eigenvalue weighted by molar-refractivity contribution is -0.904. The third-order valence-electron chi connectivity index (χ3n) is 2.19. The molecule has 0 bridgehead atoms. The van der Waals surface area contributed by atoms with Gasteiger partial charge in [0.05, 0.1) is 19.6 Å². The minimum atomic E-state index is 0.646. The van der Waals surface area contributed by atoms with E-state index >= 15 is 0 Å². The Bertz CT molecular complexity index is 80.9. The zero-order valence-electron chi connectivity index (χ0n) is 5.69. The molecule has 1 nitrogen and oxygen atoms in total. The normalized spacial score (nSPS) is 24.7. The van der Waals surface area contributed by atoms with Crippen LogP contribution >= 0.6 is 0 Å². The van der Waals surface area contributed by atoms with Crippen LogP contribution in [0.15, 0.2) is 0 Å². The molecule has 0 aromatic heterocycles. The van der Waals surface area contributed by atoms with Gasteiger partial charge in [0.25, 0.3) is 0 Å². The molecule has 1 fully saturated rings. The van der Waals surface area contributed by atoms with Gasteiger partial charge in [-0.1, -0.05) is 6.44 Å². The molecule has 0 aromatic carbocycles. The van der Waals surface area contributed by atoms with Crippen molar-refractivity contribution in [3.05, 3.63) is 0 Å². The van der Waals surface area contributed by atoms with Crippen LogP contribution < -0.4 is 0 Å². The monoisotopic (exact) mass is 127 g/mol. The van der Waals surface area contributed by atoms with Gasteiger partial charge in [-0.25, -0.2) is 0 Å². The maximum absolute atomic E-state index is 2.35. The summed E-state index contributed by atoms with van der Waals surface area (Å²) in [6.45, 7) is 6.76. The Labute approximate surface area is 59.0 Å². The van der Waals surface area contributed by atoms with Crippen molar-refractivity contribution in [3.63, 3.8) is 0 Å². The predicted molar refractivity (Wildman–Crippen MR) is 44.6 cm³/mol. The first-order valence-electron chi connectivity index (χ1n) is 3.47. The van der Waals surface area contributed by atoms with Gasteiger partial charge in [-0.05, 0) is 6.92 Å². The number of quaternary nitrogens is 1. The van der Waals surface area contributed by atoms with Crippen molar-refractivity contribution in [3.8, 4) is 0 Å². The van der Waals surface area contributed by atoms with Gasteiger partial charge < -0.3 is 4.48 Å². The summed E-state index contributed by atoms with van der Waals surface area (Å²) in [6, 6.07) is 0. The third-order valence-corrected chi connectivity index (χ3v) is 2.19. The summed E-state index contributed by atoms with van der Waals surface area (Å²) in [5.74, 6) is 0. The van der Waals surface area contributed by atoms with Crippen molar-refractivity contribution in [1.29, 1.82) is 0 Å². The van der Waals surface area contributed by atoms with Crippen LogP contribution in [0.25, 0.3) is 0 Å². The summed E-state index contributed by atoms with van der Waals surface area (Å²) in [5, 5.41) is 0. The van der Waals surface area contributed by atoms with Crippen molar-refractivity contribution in [2.45, 2.75) is 19.8 Å². The zero-order chi connectivity index (χ0) is 6.74. The lowest BCUT2D eigenvalue weighted by Crippen LogP contribution is -2.45. The van der Waals surface area contributed by atoms with E-state index in [1.165, 1.54) is 37.0 Å². The fourth-order valence-corrected chi connectivity index (χ4v) is 1.32. The molecule has 2 heteroatoms. The fraction of sp³-hybridized carbons (Fsp3) is 1.00. The highest BCUT2D eigenvalue weighted by molar-refractivity contribution is 6.08. The van der Waals surface area contributed by atoms with Gasteiger partial charge in [-0.2, -0.15) is 0 Å². The van der Waals surface area contributed by atoms with E-state index in [0.717, 1.165) is 0 Å². The van der Waals surface area contributed by atoms with Crippen LogP contribution in [-0.4, -0.2) is 38.4 Å². The van der Waals surface area contributed by atoms with Crippen LogP contribution in [-0.2, 0) is 0 Å². The molecule has 0 spiro atoms. The standard InChI is InChI=1S/C7H18BN/c1-2-9(7-8)5-3-4-6-9/h2-7H2,1,8H3. The van der Waals surface area contributed by atoms with E-state index in [2.05, 4.69) is 6.92 Å². The van der Waals surface area contributed by atoms with Gasteiger partial charge in [0.1, 0.15) is 0 Å². The molecule has 1 rings (SSSR count). The van der Waals surface area contributed by atoms with Crippen LogP contribution in [0.3, 0.4) is 0 Å². The Hall–Kier alpha value is 0.0249. The Morgan fingerprint density at radius 3 is 2.11 bits per heavy atom. The third kappa shape index (κ3) is 1.29. The molecule has 1 aliphatic rings. The molecule has 0 atom stereocenters. The van der Waals surface area contributed by atoms with Crippen molar-refractivity contribution in [2.75, 3.05) is 26.1 Å². The van der Waals surface area contributed by atoms with E-state index in [9.17, 15) is 0 Å². The SMILES string of the molecule is [BH3-]C[N+]1(CC)CCCC1. The fourth-order valence-electron chi connectivity index (χ4n) is 1.32. The lowest BCUT2D eigenvalue weighted by atomic mass is 10.1. The second kappa shape index (κ2) is 2.74. The maximum atomic E-state index is 2.35. The first kappa shape index (κ1) is 7.14. The van der Waals surface area contributed by atoms with E-state index in [1.807, 2.05) is 0 Å². The highest BCUT2D eigenvalue weighted by Crippen LogP contribution is 2.16. The largest absolute Gasteiger partial charge is 0.355 e. The Morgan fingerprint density at radius 2 is 1.89 bits per heavy atom. The number of hydrogen-bond donors (Lipinski definition) is 0. The summed E-state index contributed by atoms with van der Waals surface area (Å²) in [7, 11) is 0.646. The van der Waals surface area contributed by atoms with E-state index in [0.29, 0.717) is 7.85 Å². The molecule has 1 heterocycles. The lowest BCUT2D eigenvalue weighted by Gasteiger charge is -2.34. The molecule has 0 unspecified atom stereocenters. The van der Waals surface area contributed by atoms with Crippen LogP contribution in [0.4, 0.5) is 0 Å². The first-order valence-corrected chi connectivity index (χ1v) is 3.47. The molecular weight excluding hydrogens is 109 g/mol. The molecule has 1 saturated heterocycles. The molecule has 0 radical (unpaired) electrons. The average Bonchev–Trinajstić information content (AvgIpc) is 2.36. The van der Waals surface area contributed by atoms with Crippen molar-refractivity contribution in [2.24, 2.45) is 0 Å². The van der Waals surface area contributed by atoms with Crippen LogP contribution in [0.5, 0.6) is 0 Å². The zero-order valence-corrected chi connectivity index (χ0v) is 5.69. The second-order valence-corrected chi connectivity index (χ2v) is 2.81.